The second kappa shape index (κ2) is 12.5. The molecule has 1 saturated heterocycles. The molecule has 0 saturated carbocycles. The molecular weight excluding hydrogens is 308 g/mol. The van der Waals surface area contributed by atoms with E-state index in [-0.39, 0.29) is 0 Å². The lowest BCUT2D eigenvalue weighted by Crippen LogP contribution is -2.32. The Morgan fingerprint density at radius 2 is 1.24 bits per heavy atom. The van der Waals surface area contributed by atoms with Crippen molar-refractivity contribution >= 4 is 0 Å². The average molecular weight is 347 g/mol. The van der Waals surface area contributed by atoms with Gasteiger partial charge in [0.05, 0.1) is 13.2 Å². The van der Waals surface area contributed by atoms with E-state index < -0.39 is 5.79 Å². The fraction of sp³-hybridized carbons (Fsp3) is 0.739. The lowest BCUT2D eigenvalue weighted by atomic mass is 9.97. The minimum atomic E-state index is -0.502. The maximum atomic E-state index is 6.24. The third kappa shape index (κ3) is 7.50. The molecule has 0 aromatic heterocycles. The van der Waals surface area contributed by atoms with Gasteiger partial charge in [0.2, 0.25) is 0 Å². The Bertz CT molecular complexity index is 421. The maximum absolute atomic E-state index is 6.24. The Hall–Kier alpha value is -0.860. The Labute approximate surface area is 155 Å². The summed E-state index contributed by atoms with van der Waals surface area (Å²) in [5.41, 5.74) is 1.19. The van der Waals surface area contributed by atoms with Crippen LogP contribution in [0.5, 0.6) is 0 Å². The van der Waals surface area contributed by atoms with Crippen LogP contribution in [-0.2, 0) is 15.3 Å². The highest BCUT2D eigenvalue weighted by Crippen LogP contribution is 2.35. The summed E-state index contributed by atoms with van der Waals surface area (Å²) in [7, 11) is 0. The first kappa shape index (κ1) is 20.5. The summed E-state index contributed by atoms with van der Waals surface area (Å²) in [6.07, 6.45) is 16.8. The molecule has 0 spiro atoms. The Balaban J connectivity index is 1.68. The highest BCUT2D eigenvalue weighted by atomic mass is 16.7. The van der Waals surface area contributed by atoms with Gasteiger partial charge in [-0.25, -0.2) is 0 Å². The van der Waals surface area contributed by atoms with Gasteiger partial charge >= 0.3 is 0 Å². The minimum Gasteiger partial charge on any atom is -0.346 e. The lowest BCUT2D eigenvalue weighted by Gasteiger charge is -2.33. The fourth-order valence-electron chi connectivity index (χ4n) is 3.71. The van der Waals surface area contributed by atoms with Crippen molar-refractivity contribution < 1.29 is 9.47 Å². The molecule has 1 aromatic carbocycles. The second-order valence-electron chi connectivity index (χ2n) is 7.45. The van der Waals surface area contributed by atoms with Crippen molar-refractivity contribution in [3.05, 3.63) is 35.9 Å². The molecule has 0 N–H and O–H groups in total. The monoisotopic (exact) mass is 346 g/mol. The summed E-state index contributed by atoms with van der Waals surface area (Å²) in [5.74, 6) is -0.502. The molecule has 0 unspecified atom stereocenters. The van der Waals surface area contributed by atoms with Crippen LogP contribution in [0.4, 0.5) is 0 Å². The predicted octanol–water partition coefficient (Wildman–Crippen LogP) is 6.98. The number of ether oxygens (including phenoxy) is 2. The first-order valence-electron chi connectivity index (χ1n) is 10.7. The van der Waals surface area contributed by atoms with Crippen molar-refractivity contribution in [2.24, 2.45) is 0 Å². The normalized spacial score (nSPS) is 17.3. The first-order valence-corrected chi connectivity index (χ1v) is 10.7. The molecule has 1 aliphatic rings. The summed E-state index contributed by atoms with van der Waals surface area (Å²) >= 11 is 0. The number of benzene rings is 1. The van der Waals surface area contributed by atoms with Crippen molar-refractivity contribution in [1.29, 1.82) is 0 Å². The summed E-state index contributed by atoms with van der Waals surface area (Å²) in [6.45, 7) is 3.91. The van der Waals surface area contributed by atoms with Crippen LogP contribution in [0.15, 0.2) is 30.3 Å². The number of rotatable bonds is 12. The van der Waals surface area contributed by atoms with E-state index in [1.54, 1.807) is 0 Å². The topological polar surface area (TPSA) is 18.5 Å². The van der Waals surface area contributed by atoms with Gasteiger partial charge in [0.15, 0.2) is 5.79 Å². The third-order valence-electron chi connectivity index (χ3n) is 5.28. The third-order valence-corrected chi connectivity index (χ3v) is 5.28. The van der Waals surface area contributed by atoms with Crippen LogP contribution in [-0.4, -0.2) is 13.2 Å². The largest absolute Gasteiger partial charge is 0.346 e. The van der Waals surface area contributed by atoms with Gasteiger partial charge in [-0.2, -0.15) is 0 Å². The number of unbranched alkanes of at least 4 members (excludes halogenated alkanes) is 9. The predicted molar refractivity (Wildman–Crippen MR) is 106 cm³/mol. The van der Waals surface area contributed by atoms with E-state index in [4.69, 9.17) is 9.47 Å². The summed E-state index contributed by atoms with van der Waals surface area (Å²) < 4.78 is 12.5. The average Bonchev–Trinajstić information content (AvgIpc) is 2.91. The van der Waals surface area contributed by atoms with Crippen LogP contribution < -0.4 is 0 Å². The molecule has 2 rings (SSSR count). The van der Waals surface area contributed by atoms with Gasteiger partial charge in [-0.3, -0.25) is 0 Å². The fourth-order valence-corrected chi connectivity index (χ4v) is 3.71. The van der Waals surface area contributed by atoms with Gasteiger partial charge in [0.1, 0.15) is 0 Å². The van der Waals surface area contributed by atoms with E-state index in [1.165, 1.54) is 69.8 Å². The molecule has 0 bridgehead atoms. The van der Waals surface area contributed by atoms with Crippen molar-refractivity contribution in [1.82, 2.24) is 0 Å². The zero-order chi connectivity index (χ0) is 17.6. The summed E-state index contributed by atoms with van der Waals surface area (Å²) in [5, 5.41) is 0. The van der Waals surface area contributed by atoms with Crippen LogP contribution in [0.3, 0.4) is 0 Å². The molecule has 1 aliphatic heterocycles. The van der Waals surface area contributed by atoms with Crippen LogP contribution in [0.2, 0.25) is 0 Å². The van der Waals surface area contributed by atoms with Gasteiger partial charge < -0.3 is 9.47 Å². The number of hydrogen-bond acceptors (Lipinski definition) is 2. The molecule has 0 aliphatic carbocycles. The van der Waals surface area contributed by atoms with E-state index in [1.807, 2.05) is 0 Å². The van der Waals surface area contributed by atoms with Crippen molar-refractivity contribution in [2.45, 2.75) is 96.2 Å². The Morgan fingerprint density at radius 1 is 0.720 bits per heavy atom. The zero-order valence-electron chi connectivity index (χ0n) is 16.3. The zero-order valence-corrected chi connectivity index (χ0v) is 16.3. The first-order chi connectivity index (χ1) is 12.4. The van der Waals surface area contributed by atoms with Crippen LogP contribution in [0.25, 0.3) is 0 Å². The molecule has 1 aromatic rings. The molecule has 0 atom stereocenters. The Kier molecular flexibility index (Phi) is 10.2. The number of hydrogen-bond donors (Lipinski definition) is 0. The van der Waals surface area contributed by atoms with E-state index in [0.717, 1.165) is 32.5 Å². The second-order valence-corrected chi connectivity index (χ2v) is 7.45. The Morgan fingerprint density at radius 3 is 1.80 bits per heavy atom. The smallest absolute Gasteiger partial charge is 0.194 e. The molecule has 0 radical (unpaired) electrons. The summed E-state index contributed by atoms with van der Waals surface area (Å²) in [6, 6.07) is 10.6. The minimum absolute atomic E-state index is 0.502. The van der Waals surface area contributed by atoms with Gasteiger partial charge in [0, 0.05) is 12.0 Å². The highest BCUT2D eigenvalue weighted by molar-refractivity contribution is 5.20. The van der Waals surface area contributed by atoms with E-state index >= 15 is 0 Å². The molecule has 2 heteroatoms. The molecule has 0 amide bonds. The van der Waals surface area contributed by atoms with Crippen LogP contribution >= 0.6 is 0 Å². The lowest BCUT2D eigenvalue weighted by molar-refractivity contribution is -0.239. The van der Waals surface area contributed by atoms with Gasteiger partial charge in [-0.05, 0) is 19.3 Å². The van der Waals surface area contributed by atoms with Crippen molar-refractivity contribution in [3.8, 4) is 0 Å². The van der Waals surface area contributed by atoms with E-state index in [2.05, 4.69) is 37.3 Å². The molecular formula is C23H38O2. The van der Waals surface area contributed by atoms with Crippen LogP contribution in [0, 0.1) is 0 Å². The molecule has 142 valence electrons. The van der Waals surface area contributed by atoms with E-state index in [0.29, 0.717) is 0 Å². The summed E-state index contributed by atoms with van der Waals surface area (Å²) in [4.78, 5) is 0. The van der Waals surface area contributed by atoms with Gasteiger partial charge in [-0.1, -0.05) is 95.0 Å². The molecule has 25 heavy (non-hydrogen) atoms. The quantitative estimate of drug-likeness (QED) is 0.380. The molecule has 2 nitrogen and oxygen atoms in total. The highest BCUT2D eigenvalue weighted by Gasteiger charge is 2.34. The molecule has 1 fully saturated rings. The molecule has 1 heterocycles. The standard InChI is InChI=1S/C23H38O2/c1-2-3-4-5-6-7-8-9-10-14-19-23(22-17-12-11-13-18-22)24-20-15-16-21-25-23/h11-13,17-18H,2-10,14-16,19-21H2,1H3. The maximum Gasteiger partial charge on any atom is 0.194 e. The van der Waals surface area contributed by atoms with E-state index in [9.17, 15) is 0 Å². The van der Waals surface area contributed by atoms with Crippen molar-refractivity contribution in [3.63, 3.8) is 0 Å². The van der Waals surface area contributed by atoms with Crippen LogP contribution in [0.1, 0.15) is 96.0 Å². The van der Waals surface area contributed by atoms with Crippen molar-refractivity contribution in [2.75, 3.05) is 13.2 Å². The van der Waals surface area contributed by atoms with Gasteiger partial charge in [-0.15, -0.1) is 0 Å². The SMILES string of the molecule is CCCCCCCCCCCCC1(c2ccccc2)OCCCCO1. The van der Waals surface area contributed by atoms with Gasteiger partial charge in [0.25, 0.3) is 0 Å².